The van der Waals surface area contributed by atoms with Gasteiger partial charge in [-0.3, -0.25) is 9.79 Å². The van der Waals surface area contributed by atoms with E-state index in [-0.39, 0.29) is 11.9 Å². The molecule has 1 heterocycles. The molecule has 25 heavy (non-hydrogen) atoms. The fourth-order valence-corrected chi connectivity index (χ4v) is 3.17. The molecule has 0 radical (unpaired) electrons. The Morgan fingerprint density at radius 1 is 1.28 bits per heavy atom. The number of nitrogens with zero attached hydrogens (tertiary/aromatic N) is 2. The van der Waals surface area contributed by atoms with Gasteiger partial charge < -0.3 is 19.7 Å². The molecule has 0 aromatic heterocycles. The topological polar surface area (TPSA) is 63.2 Å². The van der Waals surface area contributed by atoms with Gasteiger partial charge in [0.1, 0.15) is 12.4 Å². The van der Waals surface area contributed by atoms with Gasteiger partial charge in [-0.1, -0.05) is 18.2 Å². The average molecular weight is 347 g/mol. The molecule has 1 N–H and O–H groups in total. The van der Waals surface area contributed by atoms with Crippen LogP contribution in [0, 0.1) is 19.8 Å². The van der Waals surface area contributed by atoms with Crippen molar-refractivity contribution in [2.75, 3.05) is 40.4 Å². The number of esters is 1. The standard InChI is InChI=1S/C19H29N3O3/c1-14-6-5-7-15(2)17(14)25-13-10-21-19(20-3)22-11-8-16(9-12-22)18(23)24-4/h5-7,16H,8-13H2,1-4H3,(H,20,21). The molecule has 1 aliphatic heterocycles. The zero-order valence-electron chi connectivity index (χ0n) is 15.7. The normalized spacial score (nSPS) is 15.8. The van der Waals surface area contributed by atoms with E-state index in [0.29, 0.717) is 13.2 Å². The van der Waals surface area contributed by atoms with Gasteiger partial charge in [0.05, 0.1) is 19.6 Å². The van der Waals surface area contributed by atoms with Gasteiger partial charge in [0.2, 0.25) is 0 Å². The molecule has 0 saturated carbocycles. The van der Waals surface area contributed by atoms with Crippen LogP contribution < -0.4 is 10.1 Å². The van der Waals surface area contributed by atoms with Crippen molar-refractivity contribution in [2.45, 2.75) is 26.7 Å². The third-order valence-electron chi connectivity index (χ3n) is 4.58. The van der Waals surface area contributed by atoms with Crippen LogP contribution in [0.15, 0.2) is 23.2 Å². The first-order valence-corrected chi connectivity index (χ1v) is 8.79. The smallest absolute Gasteiger partial charge is 0.308 e. The lowest BCUT2D eigenvalue weighted by atomic mass is 9.97. The van der Waals surface area contributed by atoms with E-state index in [4.69, 9.17) is 9.47 Å². The predicted octanol–water partition coefficient (Wildman–Crippen LogP) is 2.14. The number of hydrogen-bond donors (Lipinski definition) is 1. The predicted molar refractivity (Wildman–Crippen MR) is 99.1 cm³/mol. The number of nitrogens with one attached hydrogen (secondary N) is 1. The number of likely N-dealkylation sites (tertiary alicyclic amines) is 1. The summed E-state index contributed by atoms with van der Waals surface area (Å²) in [6, 6.07) is 6.15. The van der Waals surface area contributed by atoms with Gasteiger partial charge in [-0.05, 0) is 37.8 Å². The summed E-state index contributed by atoms with van der Waals surface area (Å²) in [6.07, 6.45) is 1.60. The summed E-state index contributed by atoms with van der Waals surface area (Å²) in [5.74, 6) is 1.71. The molecule has 1 aromatic rings. The van der Waals surface area contributed by atoms with Crippen LogP contribution in [0.3, 0.4) is 0 Å². The van der Waals surface area contributed by atoms with Crippen LogP contribution in [-0.4, -0.2) is 57.2 Å². The van der Waals surface area contributed by atoms with Crippen molar-refractivity contribution in [1.82, 2.24) is 10.2 Å². The summed E-state index contributed by atoms with van der Waals surface area (Å²) in [6.45, 7) is 6.97. The lowest BCUT2D eigenvalue weighted by Gasteiger charge is -2.33. The molecule has 0 unspecified atom stereocenters. The molecule has 0 amide bonds. The van der Waals surface area contributed by atoms with Crippen LogP contribution in [0.25, 0.3) is 0 Å². The number of benzene rings is 1. The Hall–Kier alpha value is -2.24. The zero-order chi connectivity index (χ0) is 18.2. The summed E-state index contributed by atoms with van der Waals surface area (Å²) in [5, 5.41) is 3.34. The molecule has 6 heteroatoms. The highest BCUT2D eigenvalue weighted by Gasteiger charge is 2.26. The van der Waals surface area contributed by atoms with Gasteiger partial charge in [0.15, 0.2) is 5.96 Å². The summed E-state index contributed by atoms with van der Waals surface area (Å²) in [4.78, 5) is 18.1. The zero-order valence-corrected chi connectivity index (χ0v) is 15.7. The first-order chi connectivity index (χ1) is 12.1. The van der Waals surface area contributed by atoms with E-state index in [9.17, 15) is 4.79 Å². The second kappa shape index (κ2) is 9.30. The maximum atomic E-state index is 11.6. The number of para-hydroxylation sites is 1. The van der Waals surface area contributed by atoms with Gasteiger partial charge in [-0.25, -0.2) is 0 Å². The number of methoxy groups -OCH3 is 1. The summed E-state index contributed by atoms with van der Waals surface area (Å²) in [5.41, 5.74) is 2.29. The van der Waals surface area contributed by atoms with E-state index in [1.54, 1.807) is 7.05 Å². The van der Waals surface area contributed by atoms with E-state index in [1.807, 2.05) is 6.07 Å². The first kappa shape index (κ1) is 19.1. The number of carbonyl (C=O) groups excluding carboxylic acids is 1. The summed E-state index contributed by atoms with van der Waals surface area (Å²) >= 11 is 0. The monoisotopic (exact) mass is 347 g/mol. The molecule has 0 aliphatic carbocycles. The molecule has 138 valence electrons. The summed E-state index contributed by atoms with van der Waals surface area (Å²) < 4.78 is 10.7. The van der Waals surface area contributed by atoms with Crippen molar-refractivity contribution >= 4 is 11.9 Å². The van der Waals surface area contributed by atoms with E-state index in [0.717, 1.165) is 48.8 Å². The molecule has 1 aromatic carbocycles. The van der Waals surface area contributed by atoms with E-state index in [2.05, 4.69) is 41.2 Å². The highest BCUT2D eigenvalue weighted by molar-refractivity contribution is 5.80. The second-order valence-corrected chi connectivity index (χ2v) is 6.33. The van der Waals surface area contributed by atoms with Crippen molar-refractivity contribution in [2.24, 2.45) is 10.9 Å². The molecule has 1 fully saturated rings. The third kappa shape index (κ3) is 5.11. The molecule has 1 saturated heterocycles. The highest BCUT2D eigenvalue weighted by Crippen LogP contribution is 2.22. The van der Waals surface area contributed by atoms with Crippen LogP contribution in [0.2, 0.25) is 0 Å². The maximum Gasteiger partial charge on any atom is 0.308 e. The fraction of sp³-hybridized carbons (Fsp3) is 0.579. The van der Waals surface area contributed by atoms with Crippen molar-refractivity contribution in [3.8, 4) is 5.75 Å². The number of aliphatic imine (C=N–C) groups is 1. The van der Waals surface area contributed by atoms with Gasteiger partial charge in [-0.2, -0.15) is 0 Å². The molecule has 2 rings (SSSR count). The Balaban J connectivity index is 1.77. The number of rotatable bonds is 5. The first-order valence-electron chi connectivity index (χ1n) is 8.79. The van der Waals surface area contributed by atoms with Crippen molar-refractivity contribution in [3.63, 3.8) is 0 Å². The van der Waals surface area contributed by atoms with Crippen LogP contribution in [0.4, 0.5) is 0 Å². The number of piperidine rings is 1. The van der Waals surface area contributed by atoms with Crippen LogP contribution in [0.5, 0.6) is 5.75 Å². The van der Waals surface area contributed by atoms with Crippen molar-refractivity contribution in [3.05, 3.63) is 29.3 Å². The Morgan fingerprint density at radius 3 is 2.48 bits per heavy atom. The van der Waals surface area contributed by atoms with Crippen molar-refractivity contribution in [1.29, 1.82) is 0 Å². The molecule has 6 nitrogen and oxygen atoms in total. The molecule has 0 atom stereocenters. The Kier molecular flexibility index (Phi) is 7.10. The number of ether oxygens (including phenoxy) is 2. The molecular weight excluding hydrogens is 318 g/mol. The van der Waals surface area contributed by atoms with E-state index in [1.165, 1.54) is 7.11 Å². The van der Waals surface area contributed by atoms with E-state index < -0.39 is 0 Å². The van der Waals surface area contributed by atoms with Crippen LogP contribution in [0.1, 0.15) is 24.0 Å². The lowest BCUT2D eigenvalue weighted by Crippen LogP contribution is -2.47. The lowest BCUT2D eigenvalue weighted by molar-refractivity contribution is -0.146. The largest absolute Gasteiger partial charge is 0.491 e. The number of hydrogen-bond acceptors (Lipinski definition) is 4. The van der Waals surface area contributed by atoms with Gasteiger partial charge in [0, 0.05) is 20.1 Å². The maximum absolute atomic E-state index is 11.6. The number of guanidine groups is 1. The highest BCUT2D eigenvalue weighted by atomic mass is 16.5. The minimum atomic E-state index is -0.107. The molecular formula is C19H29N3O3. The minimum absolute atomic E-state index is 0.00622. The Labute approximate surface area is 150 Å². The average Bonchev–Trinajstić information content (AvgIpc) is 2.63. The molecule has 0 spiro atoms. The van der Waals surface area contributed by atoms with Crippen LogP contribution >= 0.6 is 0 Å². The SMILES string of the molecule is CN=C(NCCOc1c(C)cccc1C)N1CCC(C(=O)OC)CC1. The van der Waals surface area contributed by atoms with Gasteiger partial charge in [0.25, 0.3) is 0 Å². The summed E-state index contributed by atoms with van der Waals surface area (Å²) in [7, 11) is 3.23. The van der Waals surface area contributed by atoms with E-state index >= 15 is 0 Å². The second-order valence-electron chi connectivity index (χ2n) is 6.33. The third-order valence-corrected chi connectivity index (χ3v) is 4.58. The Morgan fingerprint density at radius 2 is 1.92 bits per heavy atom. The van der Waals surface area contributed by atoms with Gasteiger partial charge >= 0.3 is 5.97 Å². The molecule has 1 aliphatic rings. The minimum Gasteiger partial charge on any atom is -0.491 e. The number of carbonyl (C=O) groups is 1. The molecule has 0 bridgehead atoms. The van der Waals surface area contributed by atoms with Gasteiger partial charge in [-0.15, -0.1) is 0 Å². The van der Waals surface area contributed by atoms with Crippen molar-refractivity contribution < 1.29 is 14.3 Å². The van der Waals surface area contributed by atoms with Crippen LogP contribution in [-0.2, 0) is 9.53 Å². The quantitative estimate of drug-likeness (QED) is 0.383. The Bertz CT molecular complexity index is 588. The number of aryl methyl sites for hydroxylation is 2. The fourth-order valence-electron chi connectivity index (χ4n) is 3.17.